The van der Waals surface area contributed by atoms with Gasteiger partial charge in [-0.05, 0) is 0 Å². The average Bonchev–Trinajstić information content (AvgIpc) is 2.37. The fraction of sp³-hybridized carbons (Fsp3) is 0.200. The lowest BCUT2D eigenvalue weighted by Gasteiger charge is -2.16. The summed E-state index contributed by atoms with van der Waals surface area (Å²) in [7, 11) is 0. The zero-order chi connectivity index (χ0) is 14.4. The number of hydrogen-bond donors (Lipinski definition) is 1. The van der Waals surface area contributed by atoms with Crippen LogP contribution in [0.1, 0.15) is 10.4 Å². The number of pyridine rings is 1. The van der Waals surface area contributed by atoms with E-state index >= 15 is 0 Å². The quantitative estimate of drug-likeness (QED) is 0.459. The number of carboxylic acid groups (broad SMARTS) is 1. The van der Waals surface area contributed by atoms with Gasteiger partial charge in [0.15, 0.2) is 0 Å². The van der Waals surface area contributed by atoms with Gasteiger partial charge in [-0.15, -0.1) is 0 Å². The zero-order valence-corrected chi connectivity index (χ0v) is 9.48. The standard InChI is InChI=1S/C10H7N5O4/c11-1-3-14(4-2-12)9-8(15(18)19)5-7(6-13-9)10(16)17/h5-6H,3-4H2,(H,16,17). The van der Waals surface area contributed by atoms with Gasteiger partial charge >= 0.3 is 11.7 Å². The van der Waals surface area contributed by atoms with Crippen LogP contribution < -0.4 is 4.90 Å². The average molecular weight is 261 g/mol. The third kappa shape index (κ3) is 3.14. The van der Waals surface area contributed by atoms with Crippen LogP contribution in [-0.2, 0) is 0 Å². The molecule has 0 saturated heterocycles. The van der Waals surface area contributed by atoms with Crippen LogP contribution in [0.2, 0.25) is 0 Å². The minimum absolute atomic E-state index is 0.210. The number of nitrogens with zero attached hydrogens (tertiary/aromatic N) is 5. The number of carbonyl (C=O) groups is 1. The Morgan fingerprint density at radius 1 is 1.47 bits per heavy atom. The van der Waals surface area contributed by atoms with Crippen molar-refractivity contribution < 1.29 is 14.8 Å². The minimum Gasteiger partial charge on any atom is -0.478 e. The molecule has 0 aliphatic rings. The molecule has 1 aromatic heterocycles. The van der Waals surface area contributed by atoms with Crippen molar-refractivity contribution in [3.05, 3.63) is 27.9 Å². The molecule has 96 valence electrons. The molecule has 0 fully saturated rings. The van der Waals surface area contributed by atoms with Gasteiger partial charge in [-0.25, -0.2) is 9.78 Å². The van der Waals surface area contributed by atoms with E-state index in [1.165, 1.54) is 0 Å². The molecule has 0 saturated carbocycles. The summed E-state index contributed by atoms with van der Waals surface area (Å²) in [6.07, 6.45) is 0.937. The van der Waals surface area contributed by atoms with E-state index in [-0.39, 0.29) is 24.5 Å². The second-order valence-electron chi connectivity index (χ2n) is 3.30. The summed E-state index contributed by atoms with van der Waals surface area (Å²) in [5.74, 6) is -1.56. The van der Waals surface area contributed by atoms with Crippen LogP contribution in [0.3, 0.4) is 0 Å². The highest BCUT2D eigenvalue weighted by molar-refractivity contribution is 5.88. The molecule has 0 aliphatic carbocycles. The summed E-state index contributed by atoms with van der Waals surface area (Å²) in [4.78, 5) is 25.6. The van der Waals surface area contributed by atoms with E-state index < -0.39 is 16.6 Å². The first-order valence-electron chi connectivity index (χ1n) is 4.87. The first kappa shape index (κ1) is 13.9. The maximum Gasteiger partial charge on any atom is 0.337 e. The second kappa shape index (κ2) is 5.93. The number of aromatic carboxylic acids is 1. The van der Waals surface area contributed by atoms with Crippen molar-refractivity contribution in [2.75, 3.05) is 18.0 Å². The van der Waals surface area contributed by atoms with Gasteiger partial charge in [-0.1, -0.05) is 0 Å². The highest BCUT2D eigenvalue weighted by Crippen LogP contribution is 2.26. The van der Waals surface area contributed by atoms with Crippen LogP contribution in [-0.4, -0.2) is 34.1 Å². The summed E-state index contributed by atoms with van der Waals surface area (Å²) < 4.78 is 0. The second-order valence-corrected chi connectivity index (χ2v) is 3.30. The van der Waals surface area contributed by atoms with Gasteiger partial charge in [-0.2, -0.15) is 10.5 Å². The summed E-state index contributed by atoms with van der Waals surface area (Å²) in [6, 6.07) is 4.34. The number of anilines is 1. The van der Waals surface area contributed by atoms with E-state index in [4.69, 9.17) is 15.6 Å². The monoisotopic (exact) mass is 261 g/mol. The maximum atomic E-state index is 10.9. The lowest BCUT2D eigenvalue weighted by Crippen LogP contribution is -2.26. The molecule has 1 aromatic rings. The summed E-state index contributed by atoms with van der Waals surface area (Å²) in [6.45, 7) is -0.540. The predicted octanol–water partition coefficient (Wildman–Crippen LogP) is 0.542. The molecular weight excluding hydrogens is 254 g/mol. The Hall–Kier alpha value is -3.20. The highest BCUT2D eigenvalue weighted by Gasteiger charge is 2.23. The van der Waals surface area contributed by atoms with Gasteiger partial charge in [0.25, 0.3) is 0 Å². The molecule has 0 spiro atoms. The predicted molar refractivity (Wildman–Crippen MR) is 61.3 cm³/mol. The molecule has 19 heavy (non-hydrogen) atoms. The van der Waals surface area contributed by atoms with Crippen molar-refractivity contribution in [1.29, 1.82) is 10.5 Å². The molecule has 1 N–H and O–H groups in total. The molecule has 0 bridgehead atoms. The van der Waals surface area contributed by atoms with Gasteiger partial charge in [0.2, 0.25) is 5.82 Å². The zero-order valence-electron chi connectivity index (χ0n) is 9.48. The molecular formula is C10H7N5O4. The molecule has 9 nitrogen and oxygen atoms in total. The number of hydrogen-bond acceptors (Lipinski definition) is 7. The molecule has 1 rings (SSSR count). The van der Waals surface area contributed by atoms with Crippen LogP contribution in [0.25, 0.3) is 0 Å². The van der Waals surface area contributed by atoms with E-state index in [1.807, 2.05) is 0 Å². The third-order valence-corrected chi connectivity index (χ3v) is 2.11. The van der Waals surface area contributed by atoms with Gasteiger partial charge in [0.05, 0.1) is 22.6 Å². The fourth-order valence-electron chi connectivity index (χ4n) is 1.32. The van der Waals surface area contributed by atoms with Crippen LogP contribution in [0, 0.1) is 32.8 Å². The largest absolute Gasteiger partial charge is 0.478 e. The van der Waals surface area contributed by atoms with Crippen molar-refractivity contribution in [2.45, 2.75) is 0 Å². The molecule has 0 aromatic carbocycles. The van der Waals surface area contributed by atoms with E-state index in [0.717, 1.165) is 17.2 Å². The van der Waals surface area contributed by atoms with E-state index in [9.17, 15) is 14.9 Å². The third-order valence-electron chi connectivity index (χ3n) is 2.11. The normalized spacial score (nSPS) is 9.16. The van der Waals surface area contributed by atoms with Crippen molar-refractivity contribution in [3.63, 3.8) is 0 Å². The lowest BCUT2D eigenvalue weighted by molar-refractivity contribution is -0.384. The summed E-state index contributed by atoms with van der Waals surface area (Å²) >= 11 is 0. The van der Waals surface area contributed by atoms with E-state index in [1.54, 1.807) is 12.1 Å². The Bertz CT molecular complexity index is 585. The van der Waals surface area contributed by atoms with Crippen LogP contribution in [0.15, 0.2) is 12.3 Å². The Morgan fingerprint density at radius 2 is 2.05 bits per heavy atom. The fourth-order valence-corrected chi connectivity index (χ4v) is 1.32. The topological polar surface area (TPSA) is 144 Å². The Morgan fingerprint density at radius 3 is 2.47 bits per heavy atom. The maximum absolute atomic E-state index is 10.9. The molecule has 0 aliphatic heterocycles. The van der Waals surface area contributed by atoms with Crippen LogP contribution in [0.4, 0.5) is 11.5 Å². The van der Waals surface area contributed by atoms with Crippen LogP contribution >= 0.6 is 0 Å². The molecule has 9 heteroatoms. The van der Waals surface area contributed by atoms with Gasteiger partial charge < -0.3 is 10.0 Å². The molecule has 1 heterocycles. The summed E-state index contributed by atoms with van der Waals surface area (Å²) in [5.41, 5.74) is -0.908. The molecule has 0 amide bonds. The summed E-state index contributed by atoms with van der Waals surface area (Å²) in [5, 5.41) is 36.8. The van der Waals surface area contributed by atoms with Gasteiger partial charge in [-0.3, -0.25) is 10.1 Å². The Balaban J connectivity index is 3.34. The number of nitro groups is 1. The van der Waals surface area contributed by atoms with Crippen molar-refractivity contribution >= 4 is 17.5 Å². The molecule has 0 radical (unpaired) electrons. The molecule has 0 unspecified atom stereocenters. The number of carboxylic acids is 1. The van der Waals surface area contributed by atoms with E-state index in [2.05, 4.69) is 4.98 Å². The molecule has 0 atom stereocenters. The van der Waals surface area contributed by atoms with Gasteiger partial charge in [0, 0.05) is 12.3 Å². The highest BCUT2D eigenvalue weighted by atomic mass is 16.6. The van der Waals surface area contributed by atoms with Crippen LogP contribution in [0.5, 0.6) is 0 Å². The van der Waals surface area contributed by atoms with Crippen molar-refractivity contribution in [1.82, 2.24) is 4.98 Å². The number of nitriles is 2. The SMILES string of the molecule is N#CCN(CC#N)c1ncc(C(=O)O)cc1[N+](=O)[O-]. The number of aromatic nitrogens is 1. The number of rotatable bonds is 5. The first-order valence-corrected chi connectivity index (χ1v) is 4.87. The first-order chi connectivity index (χ1) is 9.01. The Kier molecular flexibility index (Phi) is 4.33. The van der Waals surface area contributed by atoms with Crippen molar-refractivity contribution in [2.24, 2.45) is 0 Å². The van der Waals surface area contributed by atoms with E-state index in [0.29, 0.717) is 0 Å². The Labute approximate surface area is 107 Å². The van der Waals surface area contributed by atoms with Crippen molar-refractivity contribution in [3.8, 4) is 12.1 Å². The minimum atomic E-state index is -1.35. The lowest BCUT2D eigenvalue weighted by atomic mass is 10.2. The smallest absolute Gasteiger partial charge is 0.337 e. The van der Waals surface area contributed by atoms with Gasteiger partial charge in [0.1, 0.15) is 13.1 Å².